The predicted octanol–water partition coefficient (Wildman–Crippen LogP) is 2.29. The molecule has 0 atom stereocenters. The number of anilines is 1. The van der Waals surface area contributed by atoms with Crippen molar-refractivity contribution in [2.75, 3.05) is 12.4 Å². The first-order valence-corrected chi connectivity index (χ1v) is 6.54. The highest BCUT2D eigenvalue weighted by molar-refractivity contribution is 9.10. The van der Waals surface area contributed by atoms with Gasteiger partial charge in [-0.05, 0) is 27.1 Å². The molecular weight excluding hydrogens is 310 g/mol. The van der Waals surface area contributed by atoms with E-state index in [-0.39, 0.29) is 5.56 Å². The molecule has 0 spiro atoms. The van der Waals surface area contributed by atoms with Crippen molar-refractivity contribution in [3.8, 4) is 0 Å². The molecule has 1 aromatic carbocycles. The zero-order chi connectivity index (χ0) is 13.7. The molecule has 0 aliphatic heterocycles. The average molecular weight is 324 g/mol. The number of rotatable bonds is 5. The summed E-state index contributed by atoms with van der Waals surface area (Å²) in [5.74, 6) is 0.524. The minimum atomic E-state index is -0.206. The Balaban J connectivity index is 2.14. The molecule has 0 fully saturated rings. The number of aromatic nitrogens is 2. The molecule has 2 rings (SSSR count). The minimum Gasteiger partial charge on any atom is -0.380 e. The van der Waals surface area contributed by atoms with E-state index in [1.54, 1.807) is 7.11 Å². The molecule has 2 N–H and O–H groups in total. The van der Waals surface area contributed by atoms with Crippen LogP contribution in [-0.2, 0) is 17.9 Å². The molecule has 2 aromatic rings. The smallest absolute Gasteiger partial charge is 0.267 e. The van der Waals surface area contributed by atoms with Gasteiger partial charge in [-0.25, -0.2) is 4.98 Å². The van der Waals surface area contributed by atoms with E-state index in [2.05, 4.69) is 31.2 Å². The van der Waals surface area contributed by atoms with Gasteiger partial charge in [-0.2, -0.15) is 0 Å². The van der Waals surface area contributed by atoms with E-state index in [4.69, 9.17) is 4.74 Å². The van der Waals surface area contributed by atoms with E-state index in [0.717, 1.165) is 11.1 Å². The summed E-state index contributed by atoms with van der Waals surface area (Å²) in [4.78, 5) is 18.0. The van der Waals surface area contributed by atoms with E-state index in [9.17, 15) is 4.79 Å². The Labute approximate surface area is 119 Å². The number of hydrogen-bond donors (Lipinski definition) is 2. The molecule has 0 radical (unpaired) electrons. The fraction of sp³-hybridized carbons (Fsp3) is 0.231. The van der Waals surface area contributed by atoms with Crippen LogP contribution in [-0.4, -0.2) is 17.1 Å². The highest BCUT2D eigenvalue weighted by Gasteiger charge is 2.06. The van der Waals surface area contributed by atoms with Gasteiger partial charge in [0.05, 0.1) is 12.9 Å². The maximum Gasteiger partial charge on any atom is 0.267 e. The van der Waals surface area contributed by atoms with E-state index in [1.165, 1.54) is 6.33 Å². The predicted molar refractivity (Wildman–Crippen MR) is 77.0 cm³/mol. The molecule has 19 heavy (non-hydrogen) atoms. The zero-order valence-corrected chi connectivity index (χ0v) is 12.0. The second kappa shape index (κ2) is 6.49. The zero-order valence-electron chi connectivity index (χ0n) is 10.4. The van der Waals surface area contributed by atoms with Gasteiger partial charge in [-0.1, -0.05) is 24.3 Å². The van der Waals surface area contributed by atoms with Gasteiger partial charge >= 0.3 is 0 Å². The summed E-state index contributed by atoms with van der Waals surface area (Å²) in [6, 6.07) is 7.97. The maximum atomic E-state index is 11.4. The van der Waals surface area contributed by atoms with E-state index in [0.29, 0.717) is 23.4 Å². The standard InChI is InChI=1S/C13H14BrN3O2/c1-19-7-10-5-3-2-4-9(10)6-15-12-11(14)13(18)17-8-16-12/h2-5,8H,6-7H2,1H3,(H2,15,16,17,18). The van der Waals surface area contributed by atoms with Crippen LogP contribution in [0.3, 0.4) is 0 Å². The molecule has 1 aromatic heterocycles. The Hall–Kier alpha value is -1.66. The number of hydrogen-bond acceptors (Lipinski definition) is 4. The Bertz CT molecular complexity index is 613. The van der Waals surface area contributed by atoms with Gasteiger partial charge in [0.1, 0.15) is 10.3 Å². The van der Waals surface area contributed by atoms with Crippen molar-refractivity contribution >= 4 is 21.7 Å². The van der Waals surface area contributed by atoms with Crippen LogP contribution in [0.1, 0.15) is 11.1 Å². The molecule has 0 bridgehead atoms. The summed E-state index contributed by atoms with van der Waals surface area (Å²) in [5, 5.41) is 3.14. The lowest BCUT2D eigenvalue weighted by Crippen LogP contribution is -2.12. The van der Waals surface area contributed by atoms with E-state index < -0.39 is 0 Å². The first kappa shape index (κ1) is 13.8. The number of nitrogens with one attached hydrogen (secondary N) is 2. The lowest BCUT2D eigenvalue weighted by Gasteiger charge is -2.10. The number of halogens is 1. The van der Waals surface area contributed by atoms with Crippen LogP contribution in [0.15, 0.2) is 39.9 Å². The van der Waals surface area contributed by atoms with Crippen LogP contribution in [0.25, 0.3) is 0 Å². The van der Waals surface area contributed by atoms with Crippen LogP contribution < -0.4 is 10.9 Å². The topological polar surface area (TPSA) is 67.0 Å². The fourth-order valence-electron chi connectivity index (χ4n) is 1.71. The normalized spacial score (nSPS) is 10.4. The van der Waals surface area contributed by atoms with Gasteiger partial charge in [-0.3, -0.25) is 4.79 Å². The van der Waals surface area contributed by atoms with Crippen LogP contribution in [0.2, 0.25) is 0 Å². The summed E-state index contributed by atoms with van der Waals surface area (Å²) in [7, 11) is 1.67. The summed E-state index contributed by atoms with van der Waals surface area (Å²) in [6.07, 6.45) is 1.37. The molecule has 0 saturated carbocycles. The molecule has 0 saturated heterocycles. The van der Waals surface area contributed by atoms with Crippen molar-refractivity contribution in [3.05, 3.63) is 56.5 Å². The van der Waals surface area contributed by atoms with Crippen molar-refractivity contribution in [2.24, 2.45) is 0 Å². The van der Waals surface area contributed by atoms with E-state index in [1.807, 2.05) is 24.3 Å². The number of methoxy groups -OCH3 is 1. The third kappa shape index (κ3) is 3.42. The average Bonchev–Trinajstić information content (AvgIpc) is 2.42. The van der Waals surface area contributed by atoms with Crippen molar-refractivity contribution in [1.82, 2.24) is 9.97 Å². The van der Waals surface area contributed by atoms with Crippen molar-refractivity contribution in [1.29, 1.82) is 0 Å². The highest BCUT2D eigenvalue weighted by atomic mass is 79.9. The number of benzene rings is 1. The molecular formula is C13H14BrN3O2. The lowest BCUT2D eigenvalue weighted by molar-refractivity contribution is 0.184. The van der Waals surface area contributed by atoms with E-state index >= 15 is 0 Å². The largest absolute Gasteiger partial charge is 0.380 e. The second-order valence-electron chi connectivity index (χ2n) is 3.95. The monoisotopic (exact) mass is 323 g/mol. The van der Waals surface area contributed by atoms with Gasteiger partial charge < -0.3 is 15.0 Å². The third-order valence-corrected chi connectivity index (χ3v) is 3.40. The minimum absolute atomic E-state index is 0.206. The first-order chi connectivity index (χ1) is 9.22. The van der Waals surface area contributed by atoms with Crippen LogP contribution in [0.4, 0.5) is 5.82 Å². The van der Waals surface area contributed by atoms with Crippen LogP contribution >= 0.6 is 15.9 Å². The number of ether oxygens (including phenoxy) is 1. The Morgan fingerprint density at radius 2 is 2.11 bits per heavy atom. The maximum absolute atomic E-state index is 11.4. The number of nitrogens with zero attached hydrogens (tertiary/aromatic N) is 1. The van der Waals surface area contributed by atoms with Crippen molar-refractivity contribution in [3.63, 3.8) is 0 Å². The Kier molecular flexibility index (Phi) is 4.70. The molecule has 5 nitrogen and oxygen atoms in total. The molecule has 0 aliphatic carbocycles. The molecule has 0 aliphatic rings. The summed E-state index contributed by atoms with van der Waals surface area (Å²) in [6.45, 7) is 1.14. The van der Waals surface area contributed by atoms with Gasteiger partial charge in [0.25, 0.3) is 5.56 Å². The van der Waals surface area contributed by atoms with Gasteiger partial charge in [0.2, 0.25) is 0 Å². The van der Waals surface area contributed by atoms with Gasteiger partial charge in [-0.15, -0.1) is 0 Å². The third-order valence-electron chi connectivity index (χ3n) is 2.66. The van der Waals surface area contributed by atoms with Crippen LogP contribution in [0.5, 0.6) is 0 Å². The summed E-state index contributed by atoms with van der Waals surface area (Å²) in [5.41, 5.74) is 2.01. The number of H-pyrrole nitrogens is 1. The lowest BCUT2D eigenvalue weighted by atomic mass is 10.1. The SMILES string of the molecule is COCc1ccccc1CNc1nc[nH]c(=O)c1Br. The van der Waals surface area contributed by atoms with Crippen LogP contribution in [0, 0.1) is 0 Å². The molecule has 1 heterocycles. The highest BCUT2D eigenvalue weighted by Crippen LogP contribution is 2.16. The quantitative estimate of drug-likeness (QED) is 0.886. The Morgan fingerprint density at radius 1 is 1.37 bits per heavy atom. The Morgan fingerprint density at radius 3 is 2.84 bits per heavy atom. The fourth-order valence-corrected chi connectivity index (χ4v) is 2.07. The van der Waals surface area contributed by atoms with Crippen molar-refractivity contribution < 1.29 is 4.74 Å². The van der Waals surface area contributed by atoms with Gasteiger partial charge in [0, 0.05) is 13.7 Å². The first-order valence-electron chi connectivity index (χ1n) is 5.75. The van der Waals surface area contributed by atoms with Crippen molar-refractivity contribution in [2.45, 2.75) is 13.2 Å². The molecule has 0 unspecified atom stereocenters. The summed E-state index contributed by atoms with van der Waals surface area (Å²) >= 11 is 3.21. The molecule has 100 valence electrons. The van der Waals surface area contributed by atoms with Gasteiger partial charge in [0.15, 0.2) is 0 Å². The number of aromatic amines is 1. The molecule has 6 heteroatoms. The summed E-state index contributed by atoms with van der Waals surface area (Å²) < 4.78 is 5.56. The molecule has 0 amide bonds. The second-order valence-corrected chi connectivity index (χ2v) is 4.74.